The van der Waals surface area contributed by atoms with Crippen LogP contribution in [0, 0.1) is 17.1 Å². The fraction of sp³-hybridized carbons (Fsp3) is 0.375. The standard InChI is InChI=1S/C16H16FN5O4S.H2/c17-10-2-1-9-3-12(11(9)4-10)22(16(23)24)14(18)13-15(21-26-20-13)19-5-8-6-27(25)7-8;/h1-2,4,8,12,18H,3,5-7H2,(H,19,21)(H,23,24);1H/t8?,12-,27?;/m0./s1. The predicted molar refractivity (Wildman–Crippen MR) is 95.8 cm³/mol. The lowest BCUT2D eigenvalue weighted by molar-refractivity contribution is 0.151. The third kappa shape index (κ3) is 3.18. The molecule has 2 aromatic rings. The highest BCUT2D eigenvalue weighted by Crippen LogP contribution is 2.39. The van der Waals surface area contributed by atoms with Crippen LogP contribution in [0.5, 0.6) is 0 Å². The normalized spacial score (nSPS) is 22.9. The number of nitrogens with one attached hydrogen (secondary N) is 2. The van der Waals surface area contributed by atoms with Crippen molar-refractivity contribution in [2.24, 2.45) is 5.92 Å². The Morgan fingerprint density at radius 1 is 1.48 bits per heavy atom. The van der Waals surface area contributed by atoms with Crippen LogP contribution in [0.2, 0.25) is 0 Å². The molecule has 1 aliphatic heterocycles. The molecule has 2 heterocycles. The van der Waals surface area contributed by atoms with Gasteiger partial charge in [0.1, 0.15) is 5.82 Å². The molecular weight excluding hydrogens is 377 g/mol. The average molecular weight is 395 g/mol. The number of amides is 1. The summed E-state index contributed by atoms with van der Waals surface area (Å²) in [6.45, 7) is 0.477. The van der Waals surface area contributed by atoms with Crippen molar-refractivity contribution in [3.05, 3.63) is 40.8 Å². The number of amidine groups is 1. The summed E-state index contributed by atoms with van der Waals surface area (Å²) in [5.41, 5.74) is 1.34. The zero-order chi connectivity index (χ0) is 19.1. The van der Waals surface area contributed by atoms with Crippen LogP contribution in [0.3, 0.4) is 0 Å². The summed E-state index contributed by atoms with van der Waals surface area (Å²) < 4.78 is 29.3. The topological polar surface area (TPSA) is 132 Å². The second-order valence-electron chi connectivity index (χ2n) is 6.55. The van der Waals surface area contributed by atoms with Gasteiger partial charge in [0.25, 0.3) is 0 Å². The highest BCUT2D eigenvalue weighted by molar-refractivity contribution is 7.86. The van der Waals surface area contributed by atoms with Gasteiger partial charge >= 0.3 is 6.09 Å². The van der Waals surface area contributed by atoms with Gasteiger partial charge in [0.2, 0.25) is 5.82 Å². The Morgan fingerprint density at radius 3 is 2.96 bits per heavy atom. The monoisotopic (exact) mass is 395 g/mol. The summed E-state index contributed by atoms with van der Waals surface area (Å²) in [5.74, 6) is 0.708. The molecule has 4 rings (SSSR count). The third-order valence-electron chi connectivity index (χ3n) is 4.75. The minimum Gasteiger partial charge on any atom is -0.465 e. The summed E-state index contributed by atoms with van der Waals surface area (Å²) in [4.78, 5) is 12.6. The van der Waals surface area contributed by atoms with E-state index >= 15 is 0 Å². The van der Waals surface area contributed by atoms with Crippen LogP contribution in [0.15, 0.2) is 22.8 Å². The fourth-order valence-electron chi connectivity index (χ4n) is 3.27. The molecule has 1 aromatic heterocycles. The fourth-order valence-corrected chi connectivity index (χ4v) is 4.46. The minimum absolute atomic E-state index is 0. The van der Waals surface area contributed by atoms with Crippen molar-refractivity contribution in [1.82, 2.24) is 15.2 Å². The Bertz CT molecular complexity index is 947. The van der Waals surface area contributed by atoms with E-state index in [9.17, 15) is 18.5 Å². The van der Waals surface area contributed by atoms with E-state index in [-0.39, 0.29) is 18.9 Å². The first-order valence-electron chi connectivity index (χ1n) is 8.25. The van der Waals surface area contributed by atoms with Crippen molar-refractivity contribution in [1.29, 1.82) is 5.41 Å². The van der Waals surface area contributed by atoms with E-state index in [2.05, 4.69) is 20.3 Å². The SMILES string of the molecule is N=C(c1nonc1NCC1CS(=O)C1)N(C(=O)O)[C@H]1Cc2ccc(F)cc21.[HH]. The van der Waals surface area contributed by atoms with E-state index in [0.29, 0.717) is 30.0 Å². The van der Waals surface area contributed by atoms with E-state index in [1.165, 1.54) is 12.1 Å². The number of halogens is 1. The van der Waals surface area contributed by atoms with Crippen molar-refractivity contribution in [3.8, 4) is 0 Å². The molecule has 0 bridgehead atoms. The number of aromatic nitrogens is 2. The van der Waals surface area contributed by atoms with Crippen molar-refractivity contribution >= 4 is 28.5 Å². The smallest absolute Gasteiger partial charge is 0.413 e. The summed E-state index contributed by atoms with van der Waals surface area (Å²) in [5, 5.41) is 28.3. The molecule has 27 heavy (non-hydrogen) atoms. The number of hydrogen-bond donors (Lipinski definition) is 3. The van der Waals surface area contributed by atoms with E-state index < -0.39 is 34.6 Å². The number of carbonyl (C=O) groups is 1. The van der Waals surface area contributed by atoms with Crippen LogP contribution in [0.4, 0.5) is 15.0 Å². The average Bonchev–Trinajstić information content (AvgIpc) is 3.05. The molecule has 9 nitrogen and oxygen atoms in total. The quantitative estimate of drug-likeness (QED) is 0.520. The first-order valence-corrected chi connectivity index (χ1v) is 9.73. The molecule has 1 aliphatic carbocycles. The molecule has 0 spiro atoms. The lowest BCUT2D eigenvalue weighted by Gasteiger charge is -2.37. The summed E-state index contributed by atoms with van der Waals surface area (Å²) in [7, 11) is -0.779. The molecule has 1 aromatic carbocycles. The Morgan fingerprint density at radius 2 is 2.26 bits per heavy atom. The molecule has 2 aliphatic rings. The molecule has 11 heteroatoms. The predicted octanol–water partition coefficient (Wildman–Crippen LogP) is 1.85. The van der Waals surface area contributed by atoms with Crippen LogP contribution >= 0.6 is 0 Å². The van der Waals surface area contributed by atoms with E-state index in [4.69, 9.17) is 5.41 Å². The number of rotatable bonds is 5. The Labute approximate surface area is 157 Å². The number of fused-ring (bicyclic) bond motifs is 1. The second-order valence-corrected chi connectivity index (χ2v) is 8.09. The molecule has 1 atom stereocenters. The van der Waals surface area contributed by atoms with Gasteiger partial charge in [-0.3, -0.25) is 14.5 Å². The van der Waals surface area contributed by atoms with E-state index in [1.807, 2.05) is 0 Å². The van der Waals surface area contributed by atoms with Crippen LogP contribution in [-0.4, -0.2) is 54.5 Å². The van der Waals surface area contributed by atoms with Gasteiger partial charge in [0, 0.05) is 30.3 Å². The van der Waals surface area contributed by atoms with Crippen molar-refractivity contribution in [2.45, 2.75) is 12.5 Å². The molecule has 0 radical (unpaired) electrons. The Balaban J connectivity index is 0.00000225. The minimum atomic E-state index is -1.34. The third-order valence-corrected chi connectivity index (χ3v) is 6.44. The molecule has 0 unspecified atom stereocenters. The van der Waals surface area contributed by atoms with Crippen LogP contribution in [-0.2, 0) is 17.2 Å². The maximum absolute atomic E-state index is 13.5. The molecule has 1 amide bonds. The number of hydrogen-bond acceptors (Lipinski definition) is 7. The zero-order valence-corrected chi connectivity index (χ0v) is 14.8. The van der Waals surface area contributed by atoms with Gasteiger partial charge in [-0.05, 0) is 45.9 Å². The Hall–Kier alpha value is -2.82. The molecule has 3 N–H and O–H groups in total. The van der Waals surface area contributed by atoms with Crippen molar-refractivity contribution in [2.75, 3.05) is 23.4 Å². The van der Waals surface area contributed by atoms with Crippen molar-refractivity contribution in [3.63, 3.8) is 0 Å². The Kier molecular flexibility index (Phi) is 4.38. The van der Waals surface area contributed by atoms with Crippen LogP contribution < -0.4 is 5.32 Å². The van der Waals surface area contributed by atoms with Crippen LogP contribution in [0.25, 0.3) is 0 Å². The van der Waals surface area contributed by atoms with Gasteiger partial charge in [-0.1, -0.05) is 6.07 Å². The number of benzene rings is 1. The first-order chi connectivity index (χ1) is 12.9. The van der Waals surface area contributed by atoms with E-state index in [1.54, 1.807) is 6.07 Å². The molecule has 1 saturated heterocycles. The number of carboxylic acid groups (broad SMARTS) is 1. The highest BCUT2D eigenvalue weighted by atomic mass is 32.2. The highest BCUT2D eigenvalue weighted by Gasteiger charge is 2.39. The molecule has 0 saturated carbocycles. The molecular formula is C16H18FN5O4S. The maximum Gasteiger partial charge on any atom is 0.413 e. The lowest BCUT2D eigenvalue weighted by atomic mass is 9.82. The summed E-state index contributed by atoms with van der Waals surface area (Å²) in [6.07, 6.45) is -0.963. The van der Waals surface area contributed by atoms with E-state index in [0.717, 1.165) is 10.5 Å². The summed E-state index contributed by atoms with van der Waals surface area (Å²) in [6, 6.07) is 3.55. The first kappa shape index (κ1) is 17.6. The van der Waals surface area contributed by atoms with Gasteiger partial charge in [-0.25, -0.2) is 13.8 Å². The number of anilines is 1. The molecule has 1 fully saturated rings. The second kappa shape index (κ2) is 6.72. The van der Waals surface area contributed by atoms with Gasteiger partial charge in [0.05, 0.1) is 6.04 Å². The van der Waals surface area contributed by atoms with Gasteiger partial charge in [-0.15, -0.1) is 0 Å². The lowest BCUT2D eigenvalue weighted by Crippen LogP contribution is -2.44. The summed E-state index contributed by atoms with van der Waals surface area (Å²) >= 11 is 0. The van der Waals surface area contributed by atoms with Gasteiger partial charge in [0.15, 0.2) is 11.5 Å². The van der Waals surface area contributed by atoms with Crippen LogP contribution in [0.1, 0.15) is 24.3 Å². The number of nitrogens with zero attached hydrogens (tertiary/aromatic N) is 3. The zero-order valence-electron chi connectivity index (χ0n) is 14.0. The van der Waals surface area contributed by atoms with Crippen molar-refractivity contribution < 1.29 is 24.6 Å². The van der Waals surface area contributed by atoms with Gasteiger partial charge < -0.3 is 10.4 Å². The largest absolute Gasteiger partial charge is 0.465 e. The molecule has 144 valence electrons. The van der Waals surface area contributed by atoms with Gasteiger partial charge in [-0.2, -0.15) is 0 Å². The maximum atomic E-state index is 13.5.